The van der Waals surface area contributed by atoms with Crippen molar-refractivity contribution in [1.82, 2.24) is 4.90 Å². The van der Waals surface area contributed by atoms with Gasteiger partial charge in [0, 0.05) is 12.7 Å². The molecule has 0 aliphatic carbocycles. The zero-order chi connectivity index (χ0) is 10.6. The predicted molar refractivity (Wildman–Crippen MR) is 70.6 cm³/mol. The van der Waals surface area contributed by atoms with E-state index in [2.05, 4.69) is 24.9 Å². The van der Waals surface area contributed by atoms with Crippen molar-refractivity contribution in [2.45, 2.75) is 51.7 Å². The zero-order valence-electron chi connectivity index (χ0n) is 9.81. The molecule has 1 saturated heterocycles. The monoisotopic (exact) mass is 229 g/mol. The third-order valence-electron chi connectivity index (χ3n) is 3.00. The topological polar surface area (TPSA) is 3.24 Å². The van der Waals surface area contributed by atoms with E-state index >= 15 is 0 Å². The summed E-state index contributed by atoms with van der Waals surface area (Å²) in [7, 11) is -0.993. The number of unbranched alkanes of at least 4 members (excludes halogenated alkanes) is 1. The largest absolute Gasteiger partial charge is 0.369 e. The van der Waals surface area contributed by atoms with Gasteiger partial charge in [0.05, 0.1) is 13.1 Å². The summed E-state index contributed by atoms with van der Waals surface area (Å²) in [5, 5.41) is 0. The van der Waals surface area contributed by atoms with Crippen LogP contribution in [0.1, 0.15) is 32.6 Å². The molecule has 0 amide bonds. The fraction of sp³-hybridized carbons (Fsp3) is 0.909. The van der Waals surface area contributed by atoms with Crippen LogP contribution in [0.5, 0.6) is 0 Å². The summed E-state index contributed by atoms with van der Waals surface area (Å²) in [4.78, 5) is 3.69. The van der Waals surface area contributed by atoms with Crippen LogP contribution >= 0.6 is 12.2 Å². The molecular formula is C11H23NSSi. The molecule has 0 unspecified atom stereocenters. The van der Waals surface area contributed by atoms with Gasteiger partial charge >= 0.3 is 0 Å². The van der Waals surface area contributed by atoms with E-state index in [0.717, 1.165) is 6.42 Å². The lowest BCUT2D eigenvalue weighted by Gasteiger charge is -2.29. The number of nitrogens with zero attached hydrogens (tertiary/aromatic N) is 1. The van der Waals surface area contributed by atoms with Gasteiger partial charge in [-0.25, -0.2) is 0 Å². The Hall–Kier alpha value is 0.107. The summed E-state index contributed by atoms with van der Waals surface area (Å²) in [6, 6.07) is 1.46. The molecule has 1 fully saturated rings. The first-order valence-corrected chi connectivity index (χ1v) is 9.65. The minimum atomic E-state index is -0.993. The average molecular weight is 229 g/mol. The summed E-state index contributed by atoms with van der Waals surface area (Å²) in [6.07, 6.45) is 6.48. The number of likely N-dealkylation sites (tertiary alicyclic amines) is 1. The fourth-order valence-corrected chi connectivity index (χ4v) is 5.39. The highest BCUT2D eigenvalue weighted by Gasteiger charge is 2.26. The van der Waals surface area contributed by atoms with E-state index in [0.29, 0.717) is 0 Å². The van der Waals surface area contributed by atoms with Crippen molar-refractivity contribution in [1.29, 1.82) is 0 Å². The summed E-state index contributed by atoms with van der Waals surface area (Å²) in [5.74, 6) is 0. The molecule has 3 heteroatoms. The zero-order valence-corrected chi connectivity index (χ0v) is 11.6. The molecule has 1 aliphatic heterocycles. The molecule has 1 rings (SSSR count). The van der Waals surface area contributed by atoms with Crippen molar-refractivity contribution in [3.63, 3.8) is 0 Å². The van der Waals surface area contributed by atoms with E-state index in [1.165, 1.54) is 43.0 Å². The first kappa shape index (κ1) is 12.2. The maximum absolute atomic E-state index is 5.37. The standard InChI is InChI=1S/C11H23NSSi/c1-4-5-9-14(2,3)10-12-8-6-7-11(12)13/h4-10H2,1-3H3. The van der Waals surface area contributed by atoms with E-state index in [1.807, 2.05) is 0 Å². The molecule has 1 heterocycles. The summed E-state index contributed by atoms with van der Waals surface area (Å²) >= 11 is 5.37. The molecule has 0 N–H and O–H groups in total. The Balaban J connectivity index is 2.37. The van der Waals surface area contributed by atoms with Crippen molar-refractivity contribution in [3.8, 4) is 0 Å². The second kappa shape index (κ2) is 5.26. The normalized spacial score (nSPS) is 17.9. The van der Waals surface area contributed by atoms with Gasteiger partial charge in [0.25, 0.3) is 0 Å². The highest BCUT2D eigenvalue weighted by atomic mass is 32.1. The van der Waals surface area contributed by atoms with Crippen LogP contribution in [-0.4, -0.2) is 30.7 Å². The minimum Gasteiger partial charge on any atom is -0.369 e. The van der Waals surface area contributed by atoms with E-state index < -0.39 is 8.07 Å². The Morgan fingerprint density at radius 3 is 2.64 bits per heavy atom. The van der Waals surface area contributed by atoms with Gasteiger partial charge in [0.1, 0.15) is 0 Å². The van der Waals surface area contributed by atoms with Crippen LogP contribution in [0.2, 0.25) is 19.1 Å². The Kier molecular flexibility index (Phi) is 4.58. The number of hydrogen-bond donors (Lipinski definition) is 0. The lowest BCUT2D eigenvalue weighted by atomic mass is 10.4. The molecule has 0 saturated carbocycles. The van der Waals surface area contributed by atoms with Crippen molar-refractivity contribution < 1.29 is 0 Å². The summed E-state index contributed by atoms with van der Waals surface area (Å²) < 4.78 is 0. The van der Waals surface area contributed by atoms with Crippen LogP contribution in [0.4, 0.5) is 0 Å². The second-order valence-corrected chi connectivity index (χ2v) is 10.8. The Morgan fingerprint density at radius 2 is 2.14 bits per heavy atom. The van der Waals surface area contributed by atoms with Gasteiger partial charge in [0.2, 0.25) is 0 Å². The molecule has 0 aromatic heterocycles. The highest BCUT2D eigenvalue weighted by Crippen LogP contribution is 2.19. The molecule has 0 spiro atoms. The predicted octanol–water partition coefficient (Wildman–Crippen LogP) is 3.46. The molecular weight excluding hydrogens is 206 g/mol. The molecule has 0 aromatic rings. The number of hydrogen-bond acceptors (Lipinski definition) is 1. The molecule has 1 aliphatic rings. The van der Waals surface area contributed by atoms with E-state index in [1.54, 1.807) is 0 Å². The lowest BCUT2D eigenvalue weighted by Crippen LogP contribution is -2.42. The van der Waals surface area contributed by atoms with Gasteiger partial charge in [-0.3, -0.25) is 0 Å². The maximum atomic E-state index is 5.37. The summed E-state index contributed by atoms with van der Waals surface area (Å²) in [6.45, 7) is 8.51. The molecule has 0 atom stereocenters. The van der Waals surface area contributed by atoms with Crippen LogP contribution in [0.15, 0.2) is 0 Å². The van der Waals surface area contributed by atoms with E-state index in [4.69, 9.17) is 12.2 Å². The van der Waals surface area contributed by atoms with Gasteiger partial charge in [0.15, 0.2) is 0 Å². The van der Waals surface area contributed by atoms with Crippen LogP contribution in [-0.2, 0) is 0 Å². The third-order valence-corrected chi connectivity index (χ3v) is 6.40. The van der Waals surface area contributed by atoms with Crippen molar-refractivity contribution in [3.05, 3.63) is 0 Å². The van der Waals surface area contributed by atoms with Crippen molar-refractivity contribution >= 4 is 25.3 Å². The van der Waals surface area contributed by atoms with Gasteiger partial charge in [-0.05, 0) is 12.8 Å². The van der Waals surface area contributed by atoms with Gasteiger partial charge in [-0.1, -0.05) is 51.1 Å². The van der Waals surface area contributed by atoms with Crippen molar-refractivity contribution in [2.75, 3.05) is 12.7 Å². The van der Waals surface area contributed by atoms with Crippen LogP contribution < -0.4 is 0 Å². The third kappa shape index (κ3) is 3.69. The highest BCUT2D eigenvalue weighted by molar-refractivity contribution is 7.80. The average Bonchev–Trinajstić information content (AvgIpc) is 2.48. The Morgan fingerprint density at radius 1 is 1.43 bits per heavy atom. The quantitative estimate of drug-likeness (QED) is 0.525. The van der Waals surface area contributed by atoms with E-state index in [-0.39, 0.29) is 0 Å². The molecule has 1 nitrogen and oxygen atoms in total. The number of thiocarbonyl (C=S) groups is 1. The second-order valence-electron chi connectivity index (χ2n) is 5.19. The molecule has 82 valence electrons. The first-order valence-electron chi connectivity index (χ1n) is 5.83. The van der Waals surface area contributed by atoms with Gasteiger partial charge in [-0.15, -0.1) is 0 Å². The fourth-order valence-electron chi connectivity index (χ4n) is 2.12. The van der Waals surface area contributed by atoms with Crippen LogP contribution in [0.3, 0.4) is 0 Å². The first-order chi connectivity index (χ1) is 6.55. The van der Waals surface area contributed by atoms with Crippen LogP contribution in [0.25, 0.3) is 0 Å². The smallest absolute Gasteiger partial charge is 0.0777 e. The van der Waals surface area contributed by atoms with Crippen LogP contribution in [0, 0.1) is 0 Å². The Bertz CT molecular complexity index is 203. The molecule has 0 bridgehead atoms. The van der Waals surface area contributed by atoms with Gasteiger partial charge < -0.3 is 4.90 Å². The molecule has 0 aromatic carbocycles. The maximum Gasteiger partial charge on any atom is 0.0777 e. The van der Waals surface area contributed by atoms with E-state index in [9.17, 15) is 0 Å². The molecule has 0 radical (unpaired) electrons. The SMILES string of the molecule is CCCC[Si](C)(C)CN1CCCC1=S. The molecule has 14 heavy (non-hydrogen) atoms. The number of rotatable bonds is 5. The minimum absolute atomic E-state index is 0.993. The van der Waals surface area contributed by atoms with Crippen molar-refractivity contribution in [2.24, 2.45) is 0 Å². The summed E-state index contributed by atoms with van der Waals surface area (Å²) in [5.41, 5.74) is 0. The lowest BCUT2D eigenvalue weighted by molar-refractivity contribution is 0.520. The Labute approximate surface area is 94.9 Å². The van der Waals surface area contributed by atoms with Gasteiger partial charge in [-0.2, -0.15) is 0 Å².